The van der Waals surface area contributed by atoms with Crippen LogP contribution >= 0.6 is 0 Å². The number of nitrogens with zero attached hydrogens (tertiary/aromatic N) is 4. The maximum atomic E-state index is 16.1. The van der Waals surface area contributed by atoms with Crippen molar-refractivity contribution in [3.8, 4) is 0 Å². The molecule has 2 aromatic carbocycles. The highest BCUT2D eigenvalue weighted by Crippen LogP contribution is 2.43. The van der Waals surface area contributed by atoms with Gasteiger partial charge in [-0.3, -0.25) is 4.79 Å². The van der Waals surface area contributed by atoms with E-state index in [1.807, 2.05) is 52.0 Å². The van der Waals surface area contributed by atoms with Gasteiger partial charge in [0.05, 0.1) is 23.6 Å². The third kappa shape index (κ3) is 5.34. The van der Waals surface area contributed by atoms with Gasteiger partial charge in [0, 0.05) is 42.7 Å². The molecule has 5 rings (SSSR count). The number of aryl methyl sites for hydroxylation is 1. The highest BCUT2D eigenvalue weighted by atomic mass is 19.1. The van der Waals surface area contributed by atoms with Crippen LogP contribution in [0.25, 0.3) is 10.9 Å². The zero-order chi connectivity index (χ0) is 29.5. The lowest BCUT2D eigenvalue weighted by Crippen LogP contribution is -2.39. The number of unbranched alkanes of at least 4 members (excludes halogenated alkanes) is 1. The SMILES string of the molecule is CCCCOC(=O)N1CCCC(c2cccc([C@@H](C)Nc3nc(C)nc4cc5c(cc34)N(C)C(=O)C5(C)C)c2F)C1. The van der Waals surface area contributed by atoms with Gasteiger partial charge in [-0.15, -0.1) is 0 Å². The maximum absolute atomic E-state index is 16.1. The summed E-state index contributed by atoms with van der Waals surface area (Å²) in [5, 5.41) is 4.20. The molecule has 1 aromatic heterocycles. The second kappa shape index (κ2) is 11.3. The lowest BCUT2D eigenvalue weighted by atomic mass is 9.85. The fourth-order valence-electron chi connectivity index (χ4n) is 6.11. The number of benzene rings is 2. The van der Waals surface area contributed by atoms with Gasteiger partial charge in [-0.05, 0) is 70.2 Å². The normalized spacial score (nSPS) is 18.9. The first-order chi connectivity index (χ1) is 19.5. The van der Waals surface area contributed by atoms with Crippen LogP contribution in [0, 0.1) is 12.7 Å². The lowest BCUT2D eigenvalue weighted by molar-refractivity contribution is -0.121. The summed E-state index contributed by atoms with van der Waals surface area (Å²) in [6, 6.07) is 9.02. The molecule has 2 amide bonds. The van der Waals surface area contributed by atoms with Crippen LogP contribution in [-0.4, -0.2) is 53.6 Å². The molecular weight excluding hydrogens is 521 g/mol. The predicted octanol–water partition coefficient (Wildman–Crippen LogP) is 6.62. The summed E-state index contributed by atoms with van der Waals surface area (Å²) in [5.41, 5.74) is 3.02. The first kappa shape index (κ1) is 28.8. The van der Waals surface area contributed by atoms with E-state index < -0.39 is 11.5 Å². The van der Waals surface area contributed by atoms with E-state index in [1.165, 1.54) is 0 Å². The molecule has 218 valence electrons. The molecule has 1 fully saturated rings. The first-order valence-electron chi connectivity index (χ1n) is 14.6. The Kier molecular flexibility index (Phi) is 7.90. The van der Waals surface area contributed by atoms with Crippen LogP contribution in [0.4, 0.5) is 20.7 Å². The van der Waals surface area contributed by atoms with E-state index >= 15 is 4.39 Å². The third-order valence-corrected chi connectivity index (χ3v) is 8.52. The number of aromatic nitrogens is 2. The maximum Gasteiger partial charge on any atom is 0.409 e. The van der Waals surface area contributed by atoms with Gasteiger partial charge in [-0.25, -0.2) is 19.2 Å². The quantitative estimate of drug-likeness (QED) is 0.326. The summed E-state index contributed by atoms with van der Waals surface area (Å²) in [6.45, 7) is 11.1. The molecule has 3 aromatic rings. The number of halogens is 1. The van der Waals surface area contributed by atoms with Crippen LogP contribution in [0.3, 0.4) is 0 Å². The minimum absolute atomic E-state index is 0.0322. The fraction of sp³-hybridized carbons (Fsp3) is 0.500. The molecule has 3 heterocycles. The number of rotatable bonds is 7. The molecule has 9 heteroatoms. The zero-order valence-corrected chi connectivity index (χ0v) is 24.9. The number of ether oxygens (including phenoxy) is 1. The Labute approximate surface area is 241 Å². The van der Waals surface area contributed by atoms with Crippen LogP contribution < -0.4 is 10.2 Å². The van der Waals surface area contributed by atoms with Crippen molar-refractivity contribution in [2.24, 2.45) is 0 Å². The molecule has 1 saturated heterocycles. The Balaban J connectivity index is 1.41. The Hall–Kier alpha value is -3.75. The van der Waals surface area contributed by atoms with E-state index in [1.54, 1.807) is 22.9 Å². The molecule has 0 spiro atoms. The van der Waals surface area contributed by atoms with Crippen molar-refractivity contribution < 1.29 is 18.7 Å². The van der Waals surface area contributed by atoms with Gasteiger partial charge in [0.2, 0.25) is 5.91 Å². The van der Waals surface area contributed by atoms with E-state index in [2.05, 4.69) is 22.2 Å². The molecule has 0 aliphatic carbocycles. The average Bonchev–Trinajstić information content (AvgIpc) is 3.11. The Morgan fingerprint density at radius 1 is 1.27 bits per heavy atom. The second-order valence-electron chi connectivity index (χ2n) is 11.9. The molecule has 8 nitrogen and oxygen atoms in total. The van der Waals surface area contributed by atoms with Crippen molar-refractivity contribution >= 4 is 34.4 Å². The molecule has 0 saturated carbocycles. The summed E-state index contributed by atoms with van der Waals surface area (Å²) in [4.78, 5) is 38.2. The van der Waals surface area contributed by atoms with Gasteiger partial charge in [-0.2, -0.15) is 0 Å². The molecule has 0 bridgehead atoms. The summed E-state index contributed by atoms with van der Waals surface area (Å²) in [6.07, 6.45) is 3.09. The number of likely N-dealkylation sites (tertiary alicyclic amines) is 1. The highest BCUT2D eigenvalue weighted by Gasteiger charge is 2.42. The van der Waals surface area contributed by atoms with Crippen LogP contribution in [0.1, 0.15) is 87.9 Å². The molecule has 2 atom stereocenters. The van der Waals surface area contributed by atoms with Crippen LogP contribution in [0.5, 0.6) is 0 Å². The van der Waals surface area contributed by atoms with E-state index in [0.717, 1.165) is 47.8 Å². The van der Waals surface area contributed by atoms with Gasteiger partial charge in [-0.1, -0.05) is 31.5 Å². The Bertz CT molecular complexity index is 1490. The zero-order valence-electron chi connectivity index (χ0n) is 24.9. The van der Waals surface area contributed by atoms with Crippen LogP contribution in [0.2, 0.25) is 0 Å². The number of likely N-dealkylation sites (N-methyl/N-ethyl adjacent to an activating group) is 1. The van der Waals surface area contributed by atoms with E-state index in [-0.39, 0.29) is 23.7 Å². The van der Waals surface area contributed by atoms with Crippen LogP contribution in [-0.2, 0) is 14.9 Å². The lowest BCUT2D eigenvalue weighted by Gasteiger charge is -2.33. The highest BCUT2D eigenvalue weighted by molar-refractivity contribution is 6.10. The summed E-state index contributed by atoms with van der Waals surface area (Å²) in [7, 11) is 1.78. The van der Waals surface area contributed by atoms with Gasteiger partial charge < -0.3 is 19.9 Å². The smallest absolute Gasteiger partial charge is 0.409 e. The van der Waals surface area contributed by atoms with Crippen molar-refractivity contribution in [3.05, 3.63) is 58.7 Å². The van der Waals surface area contributed by atoms with E-state index in [4.69, 9.17) is 4.74 Å². The minimum Gasteiger partial charge on any atom is -0.449 e. The number of nitrogens with one attached hydrogen (secondary N) is 1. The van der Waals surface area contributed by atoms with Crippen LogP contribution in [0.15, 0.2) is 30.3 Å². The largest absolute Gasteiger partial charge is 0.449 e. The summed E-state index contributed by atoms with van der Waals surface area (Å²) in [5.74, 6) is 0.851. The molecular formula is C32H40FN5O3. The van der Waals surface area contributed by atoms with Crippen molar-refractivity contribution in [1.29, 1.82) is 0 Å². The van der Waals surface area contributed by atoms with Crippen molar-refractivity contribution in [2.75, 3.05) is 37.0 Å². The number of anilines is 2. The minimum atomic E-state index is -0.636. The monoisotopic (exact) mass is 561 g/mol. The Morgan fingerprint density at radius 3 is 2.80 bits per heavy atom. The number of carbonyl (C=O) groups excluding carboxylic acids is 2. The molecule has 2 aliphatic heterocycles. The summed E-state index contributed by atoms with van der Waals surface area (Å²) < 4.78 is 21.5. The Morgan fingerprint density at radius 2 is 2.05 bits per heavy atom. The summed E-state index contributed by atoms with van der Waals surface area (Å²) >= 11 is 0. The number of piperidine rings is 1. The standard InChI is InChI=1S/C32H40FN5O3/c1-7-8-15-41-31(40)38-14-10-11-21(18-38)23-13-9-12-22(28(23)33)19(2)34-29-24-16-27-25(17-26(24)35-20(3)36-29)32(4,5)30(39)37(27)6/h9,12-13,16-17,19,21H,7-8,10-11,14-15,18H2,1-6H3,(H,34,35,36)/t19-,21?/m1/s1. The molecule has 2 aliphatic rings. The number of fused-ring (bicyclic) bond motifs is 2. The number of hydrogen-bond donors (Lipinski definition) is 1. The molecule has 1 N–H and O–H groups in total. The number of hydrogen-bond acceptors (Lipinski definition) is 6. The topological polar surface area (TPSA) is 87.7 Å². The van der Waals surface area contributed by atoms with Gasteiger partial charge in [0.1, 0.15) is 17.5 Å². The number of carbonyl (C=O) groups is 2. The van der Waals surface area contributed by atoms with E-state index in [0.29, 0.717) is 42.5 Å². The fourth-order valence-corrected chi connectivity index (χ4v) is 6.11. The average molecular weight is 562 g/mol. The van der Waals surface area contributed by atoms with Crippen molar-refractivity contribution in [2.45, 2.75) is 77.7 Å². The van der Waals surface area contributed by atoms with Gasteiger partial charge in [0.25, 0.3) is 0 Å². The number of amides is 2. The van der Waals surface area contributed by atoms with Crippen molar-refractivity contribution in [3.63, 3.8) is 0 Å². The van der Waals surface area contributed by atoms with E-state index in [9.17, 15) is 9.59 Å². The first-order valence-corrected chi connectivity index (χ1v) is 14.6. The molecule has 41 heavy (non-hydrogen) atoms. The van der Waals surface area contributed by atoms with Gasteiger partial charge in [0.15, 0.2) is 0 Å². The molecule has 1 unspecified atom stereocenters. The van der Waals surface area contributed by atoms with Crippen molar-refractivity contribution in [1.82, 2.24) is 14.9 Å². The van der Waals surface area contributed by atoms with Gasteiger partial charge >= 0.3 is 6.09 Å². The molecule has 0 radical (unpaired) electrons. The predicted molar refractivity (Wildman–Crippen MR) is 159 cm³/mol. The third-order valence-electron chi connectivity index (χ3n) is 8.52. The second-order valence-corrected chi connectivity index (χ2v) is 11.9.